The van der Waals surface area contributed by atoms with Gasteiger partial charge in [0.05, 0.1) is 12.6 Å². The third-order valence-corrected chi connectivity index (χ3v) is 3.31. The lowest BCUT2D eigenvalue weighted by Gasteiger charge is -2.27. The Morgan fingerprint density at radius 3 is 2.52 bits per heavy atom. The summed E-state index contributed by atoms with van der Waals surface area (Å²) in [5.41, 5.74) is 0.103. The second-order valence-corrected chi connectivity index (χ2v) is 5.29. The van der Waals surface area contributed by atoms with Gasteiger partial charge in [-0.3, -0.25) is 4.79 Å². The topological polar surface area (TPSA) is 38.3 Å². The Morgan fingerprint density at radius 2 is 1.86 bits per heavy atom. The summed E-state index contributed by atoms with van der Waals surface area (Å²) >= 11 is 0. The summed E-state index contributed by atoms with van der Waals surface area (Å²) in [4.78, 5) is 12.3. The van der Waals surface area contributed by atoms with E-state index in [2.05, 4.69) is 5.32 Å². The van der Waals surface area contributed by atoms with Gasteiger partial charge in [0.15, 0.2) is 0 Å². The Labute approximate surface area is 123 Å². The van der Waals surface area contributed by atoms with Gasteiger partial charge in [-0.2, -0.15) is 0 Å². The number of benzene rings is 2. The van der Waals surface area contributed by atoms with E-state index in [1.165, 1.54) is 6.07 Å². The molecule has 2 aromatic rings. The lowest BCUT2D eigenvalue weighted by atomic mass is 9.93. The van der Waals surface area contributed by atoms with Crippen LogP contribution in [0.15, 0.2) is 48.5 Å². The summed E-state index contributed by atoms with van der Waals surface area (Å²) in [6.07, 6.45) is 0. The maximum atomic E-state index is 13.9. The third kappa shape index (κ3) is 3.40. The minimum Gasteiger partial charge on any atom is -0.497 e. The number of nitrogens with one attached hydrogen (secondary N) is 1. The maximum Gasteiger partial charge on any atom is 0.252 e. The number of amides is 1. The van der Waals surface area contributed by atoms with Gasteiger partial charge in [-0.05, 0) is 38.1 Å². The minimum absolute atomic E-state index is 0.276. The van der Waals surface area contributed by atoms with E-state index in [1.54, 1.807) is 63.4 Å². The van der Waals surface area contributed by atoms with Gasteiger partial charge in [0, 0.05) is 11.1 Å². The largest absolute Gasteiger partial charge is 0.497 e. The quantitative estimate of drug-likeness (QED) is 0.934. The summed E-state index contributed by atoms with van der Waals surface area (Å²) in [5.74, 6) is -0.0121. The molecule has 110 valence electrons. The first-order valence-corrected chi connectivity index (χ1v) is 6.65. The second-order valence-electron chi connectivity index (χ2n) is 5.29. The molecule has 1 N–H and O–H groups in total. The molecule has 0 unspecified atom stereocenters. The van der Waals surface area contributed by atoms with Crippen LogP contribution in [0.5, 0.6) is 5.75 Å². The van der Waals surface area contributed by atoms with Crippen molar-refractivity contribution in [2.45, 2.75) is 19.4 Å². The fourth-order valence-electron chi connectivity index (χ4n) is 2.16. The maximum absolute atomic E-state index is 13.9. The normalized spacial score (nSPS) is 11.0. The van der Waals surface area contributed by atoms with E-state index in [0.717, 1.165) is 0 Å². The van der Waals surface area contributed by atoms with Crippen molar-refractivity contribution >= 4 is 5.91 Å². The van der Waals surface area contributed by atoms with Gasteiger partial charge in [-0.1, -0.05) is 24.3 Å². The van der Waals surface area contributed by atoms with Gasteiger partial charge >= 0.3 is 0 Å². The zero-order valence-electron chi connectivity index (χ0n) is 12.3. The van der Waals surface area contributed by atoms with E-state index in [4.69, 9.17) is 4.74 Å². The Hall–Kier alpha value is -2.36. The molecule has 3 nitrogen and oxygen atoms in total. The van der Waals surface area contributed by atoms with Crippen molar-refractivity contribution in [2.75, 3.05) is 7.11 Å². The summed E-state index contributed by atoms with van der Waals surface area (Å²) in [7, 11) is 1.54. The Balaban J connectivity index is 2.23. The molecule has 0 bridgehead atoms. The monoisotopic (exact) mass is 287 g/mol. The molecule has 0 spiro atoms. The highest BCUT2D eigenvalue weighted by Crippen LogP contribution is 2.23. The minimum atomic E-state index is -0.814. The predicted molar refractivity (Wildman–Crippen MR) is 79.9 cm³/mol. The van der Waals surface area contributed by atoms with Crippen molar-refractivity contribution < 1.29 is 13.9 Å². The Bertz CT molecular complexity index is 653. The Kier molecular flexibility index (Phi) is 4.26. The molecule has 4 heteroatoms. The standard InChI is InChI=1S/C17H18FNO2/c1-17(2,14-9-4-5-10-15(14)18)19-16(20)12-7-6-8-13(11-12)21-3/h4-11H,1-3H3,(H,19,20). The van der Waals surface area contributed by atoms with E-state index in [9.17, 15) is 9.18 Å². The van der Waals surface area contributed by atoms with Crippen LogP contribution >= 0.6 is 0 Å². The van der Waals surface area contributed by atoms with Crippen LogP contribution < -0.4 is 10.1 Å². The van der Waals surface area contributed by atoms with Gasteiger partial charge in [-0.25, -0.2) is 4.39 Å². The molecule has 21 heavy (non-hydrogen) atoms. The van der Waals surface area contributed by atoms with Crippen LogP contribution in [-0.4, -0.2) is 13.0 Å². The number of methoxy groups -OCH3 is 1. The number of carbonyl (C=O) groups excluding carboxylic acids is 1. The Morgan fingerprint density at radius 1 is 1.14 bits per heavy atom. The van der Waals surface area contributed by atoms with E-state index in [-0.39, 0.29) is 11.7 Å². The summed E-state index contributed by atoms with van der Waals surface area (Å²) in [6, 6.07) is 13.3. The molecule has 1 amide bonds. The first kappa shape index (κ1) is 15.0. The van der Waals surface area contributed by atoms with Crippen LogP contribution in [0.1, 0.15) is 29.8 Å². The number of halogens is 1. The van der Waals surface area contributed by atoms with Gasteiger partial charge in [0.1, 0.15) is 11.6 Å². The number of rotatable bonds is 4. The molecule has 0 saturated carbocycles. The molecular weight excluding hydrogens is 269 g/mol. The molecule has 0 saturated heterocycles. The van der Waals surface area contributed by atoms with Crippen LogP contribution in [0.2, 0.25) is 0 Å². The third-order valence-electron chi connectivity index (χ3n) is 3.31. The van der Waals surface area contributed by atoms with E-state index in [0.29, 0.717) is 16.9 Å². The van der Waals surface area contributed by atoms with Crippen LogP contribution in [0.3, 0.4) is 0 Å². The molecule has 0 atom stereocenters. The lowest BCUT2D eigenvalue weighted by molar-refractivity contribution is 0.0910. The highest BCUT2D eigenvalue weighted by Gasteiger charge is 2.26. The van der Waals surface area contributed by atoms with Crippen LogP contribution in [0.4, 0.5) is 4.39 Å². The van der Waals surface area contributed by atoms with Gasteiger partial charge in [0.2, 0.25) is 0 Å². The lowest BCUT2D eigenvalue weighted by Crippen LogP contribution is -2.41. The summed E-state index contributed by atoms with van der Waals surface area (Å²) < 4.78 is 19.0. The number of carbonyl (C=O) groups is 1. The molecule has 0 aromatic heterocycles. The van der Waals surface area contributed by atoms with Crippen molar-refractivity contribution in [3.8, 4) is 5.75 Å². The molecule has 0 aliphatic carbocycles. The van der Waals surface area contributed by atoms with Crippen LogP contribution in [0.25, 0.3) is 0 Å². The highest BCUT2D eigenvalue weighted by molar-refractivity contribution is 5.95. The second kappa shape index (κ2) is 5.95. The van der Waals surface area contributed by atoms with Crippen molar-refractivity contribution in [3.05, 3.63) is 65.5 Å². The molecule has 0 fully saturated rings. The fourth-order valence-corrected chi connectivity index (χ4v) is 2.16. The zero-order valence-corrected chi connectivity index (χ0v) is 12.3. The highest BCUT2D eigenvalue weighted by atomic mass is 19.1. The average molecular weight is 287 g/mol. The SMILES string of the molecule is COc1cccc(C(=O)NC(C)(C)c2ccccc2F)c1. The van der Waals surface area contributed by atoms with Crippen molar-refractivity contribution in [1.82, 2.24) is 5.32 Å². The van der Waals surface area contributed by atoms with Crippen molar-refractivity contribution in [3.63, 3.8) is 0 Å². The molecule has 2 aromatic carbocycles. The van der Waals surface area contributed by atoms with Gasteiger partial charge < -0.3 is 10.1 Å². The average Bonchev–Trinajstić information content (AvgIpc) is 2.47. The van der Waals surface area contributed by atoms with Crippen LogP contribution in [0, 0.1) is 5.82 Å². The summed E-state index contributed by atoms with van der Waals surface area (Å²) in [6.45, 7) is 3.53. The molecule has 0 aliphatic heterocycles. The van der Waals surface area contributed by atoms with E-state index < -0.39 is 5.54 Å². The van der Waals surface area contributed by atoms with E-state index >= 15 is 0 Å². The first-order valence-electron chi connectivity index (χ1n) is 6.65. The zero-order chi connectivity index (χ0) is 15.5. The van der Waals surface area contributed by atoms with E-state index in [1.807, 2.05) is 0 Å². The first-order chi connectivity index (χ1) is 9.94. The molecule has 0 radical (unpaired) electrons. The number of hydrogen-bond acceptors (Lipinski definition) is 2. The van der Waals surface area contributed by atoms with Crippen molar-refractivity contribution in [2.24, 2.45) is 0 Å². The predicted octanol–water partition coefficient (Wildman–Crippen LogP) is 3.50. The fraction of sp³-hybridized carbons (Fsp3) is 0.235. The summed E-state index contributed by atoms with van der Waals surface area (Å²) in [5, 5.41) is 2.85. The van der Waals surface area contributed by atoms with Gasteiger partial charge in [-0.15, -0.1) is 0 Å². The molecular formula is C17H18FNO2. The number of hydrogen-bond donors (Lipinski definition) is 1. The molecule has 2 rings (SSSR count). The molecule has 0 heterocycles. The smallest absolute Gasteiger partial charge is 0.252 e. The van der Waals surface area contributed by atoms with Crippen LogP contribution in [-0.2, 0) is 5.54 Å². The van der Waals surface area contributed by atoms with Gasteiger partial charge in [0.25, 0.3) is 5.91 Å². The van der Waals surface area contributed by atoms with Crippen molar-refractivity contribution in [1.29, 1.82) is 0 Å². The number of ether oxygens (including phenoxy) is 1. The molecule has 0 aliphatic rings.